The number of ether oxygens (including phenoxy) is 2. The van der Waals surface area contributed by atoms with Gasteiger partial charge in [0.25, 0.3) is 5.91 Å². The zero-order valence-electron chi connectivity index (χ0n) is 20.1. The van der Waals surface area contributed by atoms with E-state index in [0.717, 1.165) is 64.4 Å². The highest BCUT2D eigenvalue weighted by Crippen LogP contribution is 2.33. The molecule has 5 rings (SSSR count). The molecule has 4 heterocycles. The molecule has 1 saturated heterocycles. The van der Waals surface area contributed by atoms with Crippen molar-refractivity contribution >= 4 is 5.91 Å². The highest BCUT2D eigenvalue weighted by Gasteiger charge is 2.29. The van der Waals surface area contributed by atoms with E-state index in [1.165, 1.54) is 0 Å². The van der Waals surface area contributed by atoms with Crippen LogP contribution in [0.2, 0.25) is 0 Å². The van der Waals surface area contributed by atoms with Crippen molar-refractivity contribution in [3.05, 3.63) is 76.2 Å². The number of carbonyl (C=O) groups is 1. The molecule has 0 spiro atoms. The second-order valence-electron chi connectivity index (χ2n) is 9.31. The fourth-order valence-corrected chi connectivity index (χ4v) is 4.77. The number of nitrogens with zero attached hydrogens (tertiary/aromatic N) is 3. The Hall–Kier alpha value is -3.25. The first-order chi connectivity index (χ1) is 16.5. The summed E-state index contributed by atoms with van der Waals surface area (Å²) in [5.41, 5.74) is 7.97. The lowest BCUT2D eigenvalue weighted by molar-refractivity contribution is 0.0519. The van der Waals surface area contributed by atoms with Gasteiger partial charge in [0.05, 0.1) is 23.9 Å². The largest absolute Gasteiger partial charge is 0.491 e. The van der Waals surface area contributed by atoms with Crippen LogP contribution in [0.15, 0.2) is 42.7 Å². The van der Waals surface area contributed by atoms with Crippen LogP contribution < -0.4 is 4.74 Å². The number of benzene rings is 1. The van der Waals surface area contributed by atoms with Crippen molar-refractivity contribution in [3.8, 4) is 17.0 Å². The Morgan fingerprint density at radius 1 is 1.03 bits per heavy atom. The molecule has 2 aliphatic heterocycles. The zero-order valence-corrected chi connectivity index (χ0v) is 20.1. The third kappa shape index (κ3) is 4.55. The SMILES string of the molecule is Cc1ccc(-c2ccc(Cc3cc4c(c(C)c3C)OCCN(C[C@H]3CCCO3)C4=O)cn2)cn1. The Morgan fingerprint density at radius 3 is 2.62 bits per heavy atom. The molecule has 1 aromatic carbocycles. The summed E-state index contributed by atoms with van der Waals surface area (Å²) >= 11 is 0. The van der Waals surface area contributed by atoms with Gasteiger partial charge in [-0.05, 0) is 86.6 Å². The van der Waals surface area contributed by atoms with Gasteiger partial charge in [0.15, 0.2) is 0 Å². The second-order valence-corrected chi connectivity index (χ2v) is 9.31. The first kappa shape index (κ1) is 22.5. The minimum atomic E-state index is 0.0349. The van der Waals surface area contributed by atoms with Crippen LogP contribution in [0, 0.1) is 20.8 Å². The van der Waals surface area contributed by atoms with Crippen LogP contribution in [-0.4, -0.2) is 53.2 Å². The fourth-order valence-electron chi connectivity index (χ4n) is 4.77. The minimum absolute atomic E-state index is 0.0349. The van der Waals surface area contributed by atoms with Crippen LogP contribution >= 0.6 is 0 Å². The van der Waals surface area contributed by atoms with Crippen molar-refractivity contribution < 1.29 is 14.3 Å². The van der Waals surface area contributed by atoms with Gasteiger partial charge < -0.3 is 14.4 Å². The molecule has 6 heteroatoms. The predicted octanol–water partition coefficient (Wildman–Crippen LogP) is 4.67. The second kappa shape index (κ2) is 9.55. The molecule has 1 fully saturated rings. The van der Waals surface area contributed by atoms with E-state index in [1.54, 1.807) is 0 Å². The number of hydrogen-bond donors (Lipinski definition) is 0. The molecule has 0 saturated carbocycles. The lowest BCUT2D eigenvalue weighted by Gasteiger charge is -2.23. The number of aryl methyl sites for hydroxylation is 1. The number of aromatic nitrogens is 2. The summed E-state index contributed by atoms with van der Waals surface area (Å²) in [6, 6.07) is 10.2. The number of amides is 1. The molecular weight excluding hydrogens is 426 g/mol. The van der Waals surface area contributed by atoms with Gasteiger partial charge in [-0.2, -0.15) is 0 Å². The maximum Gasteiger partial charge on any atom is 0.257 e. The van der Waals surface area contributed by atoms with Crippen molar-refractivity contribution in [3.63, 3.8) is 0 Å². The van der Waals surface area contributed by atoms with Crippen molar-refractivity contribution in [1.29, 1.82) is 0 Å². The fraction of sp³-hybridized carbons (Fsp3) is 0.393. The summed E-state index contributed by atoms with van der Waals surface area (Å²) in [6.07, 6.45) is 6.68. The predicted molar refractivity (Wildman–Crippen MR) is 131 cm³/mol. The normalized spacial score (nSPS) is 17.9. The van der Waals surface area contributed by atoms with Gasteiger partial charge in [0.2, 0.25) is 0 Å². The topological polar surface area (TPSA) is 64.6 Å². The van der Waals surface area contributed by atoms with E-state index < -0.39 is 0 Å². The summed E-state index contributed by atoms with van der Waals surface area (Å²) in [5.74, 6) is 0.758. The van der Waals surface area contributed by atoms with E-state index in [1.807, 2.05) is 55.4 Å². The van der Waals surface area contributed by atoms with Gasteiger partial charge in [-0.1, -0.05) is 6.07 Å². The standard InChI is InChI=1S/C28H31N3O3/c1-18-6-8-22(16-29-18)26-9-7-21(15-30-26)13-23-14-25-27(20(3)19(23)2)34-12-10-31(28(25)32)17-24-5-4-11-33-24/h6-9,14-16,24H,4-5,10-13,17H2,1-3H3/t24-/m1/s1. The van der Waals surface area contributed by atoms with Crippen LogP contribution in [-0.2, 0) is 11.2 Å². The maximum absolute atomic E-state index is 13.5. The van der Waals surface area contributed by atoms with E-state index in [0.29, 0.717) is 31.7 Å². The molecular formula is C28H31N3O3. The highest BCUT2D eigenvalue weighted by atomic mass is 16.5. The van der Waals surface area contributed by atoms with Gasteiger partial charge in [-0.3, -0.25) is 14.8 Å². The van der Waals surface area contributed by atoms with Crippen molar-refractivity contribution in [2.24, 2.45) is 0 Å². The molecule has 1 amide bonds. The Kier molecular flexibility index (Phi) is 6.33. The summed E-state index contributed by atoms with van der Waals surface area (Å²) in [7, 11) is 0. The van der Waals surface area contributed by atoms with Gasteiger partial charge in [-0.25, -0.2) is 0 Å². The Labute approximate surface area is 201 Å². The lowest BCUT2D eigenvalue weighted by atomic mass is 9.93. The third-order valence-corrected chi connectivity index (χ3v) is 6.95. The molecule has 0 N–H and O–H groups in total. The van der Waals surface area contributed by atoms with E-state index in [4.69, 9.17) is 9.47 Å². The van der Waals surface area contributed by atoms with Crippen LogP contribution in [0.1, 0.15) is 51.1 Å². The third-order valence-electron chi connectivity index (χ3n) is 6.95. The first-order valence-electron chi connectivity index (χ1n) is 12.0. The molecule has 0 aliphatic carbocycles. The molecule has 34 heavy (non-hydrogen) atoms. The number of hydrogen-bond acceptors (Lipinski definition) is 5. The van der Waals surface area contributed by atoms with Gasteiger partial charge >= 0.3 is 0 Å². The molecule has 176 valence electrons. The molecule has 1 atom stereocenters. The van der Waals surface area contributed by atoms with Crippen LogP contribution in [0.25, 0.3) is 11.3 Å². The molecule has 0 radical (unpaired) electrons. The summed E-state index contributed by atoms with van der Waals surface area (Å²) in [6.45, 7) is 8.63. The van der Waals surface area contributed by atoms with Crippen LogP contribution in [0.4, 0.5) is 0 Å². The maximum atomic E-state index is 13.5. The van der Waals surface area contributed by atoms with E-state index in [-0.39, 0.29) is 12.0 Å². The van der Waals surface area contributed by atoms with Gasteiger partial charge in [-0.15, -0.1) is 0 Å². The van der Waals surface area contributed by atoms with Crippen molar-refractivity contribution in [2.75, 3.05) is 26.3 Å². The summed E-state index contributed by atoms with van der Waals surface area (Å²) in [4.78, 5) is 24.4. The molecule has 0 bridgehead atoms. The van der Waals surface area contributed by atoms with Gasteiger partial charge in [0.1, 0.15) is 12.4 Å². The van der Waals surface area contributed by atoms with Gasteiger partial charge in [0, 0.05) is 36.8 Å². The molecule has 6 nitrogen and oxygen atoms in total. The number of carbonyl (C=O) groups excluding carboxylic acids is 1. The smallest absolute Gasteiger partial charge is 0.257 e. The molecule has 2 aromatic heterocycles. The van der Waals surface area contributed by atoms with E-state index in [2.05, 4.69) is 23.0 Å². The minimum Gasteiger partial charge on any atom is -0.491 e. The van der Waals surface area contributed by atoms with Crippen molar-refractivity contribution in [2.45, 2.75) is 46.1 Å². The summed E-state index contributed by atoms with van der Waals surface area (Å²) in [5, 5.41) is 0. The number of fused-ring (bicyclic) bond motifs is 1. The quantitative estimate of drug-likeness (QED) is 0.557. The average molecular weight is 458 g/mol. The Bertz CT molecular complexity index is 1180. The Morgan fingerprint density at radius 2 is 1.91 bits per heavy atom. The van der Waals surface area contributed by atoms with Crippen LogP contribution in [0.3, 0.4) is 0 Å². The molecule has 3 aromatic rings. The number of pyridine rings is 2. The lowest BCUT2D eigenvalue weighted by Crippen LogP contribution is -2.38. The number of rotatable bonds is 5. The van der Waals surface area contributed by atoms with E-state index in [9.17, 15) is 4.79 Å². The molecule has 0 unspecified atom stereocenters. The zero-order chi connectivity index (χ0) is 23.7. The molecule has 2 aliphatic rings. The van der Waals surface area contributed by atoms with Crippen LogP contribution in [0.5, 0.6) is 5.75 Å². The summed E-state index contributed by atoms with van der Waals surface area (Å²) < 4.78 is 11.9. The monoisotopic (exact) mass is 457 g/mol. The highest BCUT2D eigenvalue weighted by molar-refractivity contribution is 5.98. The van der Waals surface area contributed by atoms with Crippen molar-refractivity contribution in [1.82, 2.24) is 14.9 Å². The van der Waals surface area contributed by atoms with E-state index >= 15 is 0 Å². The average Bonchev–Trinajstić information content (AvgIpc) is 3.31. The first-order valence-corrected chi connectivity index (χ1v) is 12.0. The Balaban J connectivity index is 1.40.